The van der Waals surface area contributed by atoms with Gasteiger partial charge in [-0.3, -0.25) is 4.79 Å². The molecule has 2 N–H and O–H groups in total. The van der Waals surface area contributed by atoms with Crippen LogP contribution in [-0.4, -0.2) is 57.5 Å². The van der Waals surface area contributed by atoms with Gasteiger partial charge in [0.05, 0.1) is 5.69 Å². The molecule has 6 rings (SSSR count). The second-order valence-corrected chi connectivity index (χ2v) is 9.12. The minimum atomic E-state index is 0.0678. The summed E-state index contributed by atoms with van der Waals surface area (Å²) in [6, 6.07) is 23.0. The zero-order valence-electron chi connectivity index (χ0n) is 19.6. The molecule has 2 aromatic heterocycles. The number of phenols is 1. The van der Waals surface area contributed by atoms with Crippen molar-refractivity contribution in [2.75, 3.05) is 18.4 Å². The molecule has 1 aliphatic rings. The number of nitrogens with zero attached hydrogens (tertiary/aromatic N) is 4. The Hall–Kier alpha value is -4.33. The summed E-state index contributed by atoms with van der Waals surface area (Å²) in [4.78, 5) is 19.9. The molecule has 2 radical (unpaired) electrons. The third kappa shape index (κ3) is 3.94. The SMILES string of the molecule is [B]c1cnn2c(NC3CCN(C(=O)c4cccc5ccccc45)CC3)cc(-c3ccccc3O)nc12. The molecular formula is C28H24BN5O2. The summed E-state index contributed by atoms with van der Waals surface area (Å²) in [6.07, 6.45) is 3.17. The largest absolute Gasteiger partial charge is 0.507 e. The summed E-state index contributed by atoms with van der Waals surface area (Å²) in [5.74, 6) is 0.964. The van der Waals surface area contributed by atoms with Crippen LogP contribution in [0.2, 0.25) is 0 Å². The zero-order chi connectivity index (χ0) is 24.6. The van der Waals surface area contributed by atoms with Gasteiger partial charge in [-0.15, -0.1) is 0 Å². The Balaban J connectivity index is 1.22. The van der Waals surface area contributed by atoms with Gasteiger partial charge in [0, 0.05) is 42.5 Å². The third-order valence-corrected chi connectivity index (χ3v) is 6.83. The predicted molar refractivity (Wildman–Crippen MR) is 142 cm³/mol. The fourth-order valence-corrected chi connectivity index (χ4v) is 4.93. The summed E-state index contributed by atoms with van der Waals surface area (Å²) in [5.41, 5.74) is 2.97. The van der Waals surface area contributed by atoms with Crippen molar-refractivity contribution in [1.82, 2.24) is 19.5 Å². The van der Waals surface area contributed by atoms with Crippen molar-refractivity contribution < 1.29 is 9.90 Å². The van der Waals surface area contributed by atoms with E-state index in [0.717, 1.165) is 35.0 Å². The van der Waals surface area contributed by atoms with E-state index in [2.05, 4.69) is 15.4 Å². The topological polar surface area (TPSA) is 82.8 Å². The number of likely N-dealkylation sites (tertiary alicyclic amines) is 1. The molecule has 1 saturated heterocycles. The number of carbonyl (C=O) groups is 1. The van der Waals surface area contributed by atoms with Gasteiger partial charge in [0.1, 0.15) is 19.4 Å². The maximum atomic E-state index is 13.3. The van der Waals surface area contributed by atoms with E-state index >= 15 is 0 Å². The minimum Gasteiger partial charge on any atom is -0.507 e. The summed E-state index contributed by atoms with van der Waals surface area (Å²) in [7, 11) is 6.13. The van der Waals surface area contributed by atoms with E-state index in [1.807, 2.05) is 65.6 Å². The number of aromatic hydroxyl groups is 1. The average Bonchev–Trinajstić information content (AvgIpc) is 3.29. The van der Waals surface area contributed by atoms with E-state index in [0.29, 0.717) is 35.5 Å². The van der Waals surface area contributed by atoms with Crippen molar-refractivity contribution in [2.45, 2.75) is 18.9 Å². The summed E-state index contributed by atoms with van der Waals surface area (Å²) in [5, 5.41) is 20.4. The van der Waals surface area contributed by atoms with Gasteiger partial charge in [0.15, 0.2) is 5.65 Å². The van der Waals surface area contributed by atoms with E-state index in [-0.39, 0.29) is 17.7 Å². The summed E-state index contributed by atoms with van der Waals surface area (Å²) >= 11 is 0. The maximum absolute atomic E-state index is 13.3. The fourth-order valence-electron chi connectivity index (χ4n) is 4.93. The number of piperidine rings is 1. The molecule has 3 aromatic carbocycles. The van der Waals surface area contributed by atoms with Crippen LogP contribution in [0.25, 0.3) is 27.7 Å². The Morgan fingerprint density at radius 2 is 1.75 bits per heavy atom. The van der Waals surface area contributed by atoms with E-state index in [9.17, 15) is 9.90 Å². The summed E-state index contributed by atoms with van der Waals surface area (Å²) < 4.78 is 1.69. The highest BCUT2D eigenvalue weighted by molar-refractivity contribution is 6.36. The summed E-state index contributed by atoms with van der Waals surface area (Å²) in [6.45, 7) is 1.31. The Labute approximate surface area is 209 Å². The van der Waals surface area contributed by atoms with Gasteiger partial charge in [0.2, 0.25) is 0 Å². The van der Waals surface area contributed by atoms with Crippen molar-refractivity contribution >= 4 is 41.5 Å². The number of aromatic nitrogens is 3. The molecular weight excluding hydrogens is 449 g/mol. The number of carbonyl (C=O) groups excluding carboxylic acids is 1. The molecule has 1 aliphatic heterocycles. The molecule has 0 unspecified atom stereocenters. The Morgan fingerprint density at radius 3 is 2.58 bits per heavy atom. The molecule has 0 saturated carbocycles. The molecule has 7 nitrogen and oxygen atoms in total. The molecule has 0 bridgehead atoms. The van der Waals surface area contributed by atoms with E-state index in [1.54, 1.807) is 22.8 Å². The lowest BCUT2D eigenvalue weighted by Gasteiger charge is -2.33. The molecule has 3 heterocycles. The molecule has 0 atom stereocenters. The smallest absolute Gasteiger partial charge is 0.254 e. The second-order valence-electron chi connectivity index (χ2n) is 9.12. The quantitative estimate of drug-likeness (QED) is 0.389. The van der Waals surface area contributed by atoms with Crippen molar-refractivity contribution in [3.63, 3.8) is 0 Å². The molecule has 176 valence electrons. The van der Waals surface area contributed by atoms with Crippen molar-refractivity contribution in [2.24, 2.45) is 0 Å². The lowest BCUT2D eigenvalue weighted by Crippen LogP contribution is -2.42. The number of fused-ring (bicyclic) bond motifs is 2. The fraction of sp³-hybridized carbons (Fsp3) is 0.179. The third-order valence-electron chi connectivity index (χ3n) is 6.83. The monoisotopic (exact) mass is 473 g/mol. The molecule has 0 spiro atoms. The number of benzene rings is 3. The van der Waals surface area contributed by atoms with Crippen LogP contribution in [0.4, 0.5) is 5.82 Å². The average molecular weight is 473 g/mol. The Kier molecular flexibility index (Phi) is 5.56. The first-order chi connectivity index (χ1) is 17.6. The molecule has 1 fully saturated rings. The lowest BCUT2D eigenvalue weighted by atomic mass is 10.00. The van der Waals surface area contributed by atoms with Crippen molar-refractivity contribution in [1.29, 1.82) is 0 Å². The van der Waals surface area contributed by atoms with Crippen LogP contribution >= 0.6 is 0 Å². The van der Waals surface area contributed by atoms with E-state index < -0.39 is 0 Å². The van der Waals surface area contributed by atoms with Crippen LogP contribution in [0.1, 0.15) is 23.2 Å². The van der Waals surface area contributed by atoms with Crippen LogP contribution in [0.3, 0.4) is 0 Å². The van der Waals surface area contributed by atoms with Gasteiger partial charge in [-0.25, -0.2) is 4.98 Å². The Morgan fingerprint density at radius 1 is 1.00 bits per heavy atom. The lowest BCUT2D eigenvalue weighted by molar-refractivity contribution is 0.0720. The van der Waals surface area contributed by atoms with Crippen molar-refractivity contribution in [3.05, 3.63) is 84.6 Å². The number of nitrogens with one attached hydrogen (secondary N) is 1. The van der Waals surface area contributed by atoms with Crippen LogP contribution < -0.4 is 10.8 Å². The van der Waals surface area contributed by atoms with Gasteiger partial charge in [-0.2, -0.15) is 9.61 Å². The minimum absolute atomic E-state index is 0.0678. The second kappa shape index (κ2) is 9.04. The van der Waals surface area contributed by atoms with Crippen LogP contribution in [0.15, 0.2) is 79.0 Å². The highest BCUT2D eigenvalue weighted by atomic mass is 16.3. The number of rotatable bonds is 4. The molecule has 5 aromatic rings. The number of hydrogen-bond donors (Lipinski definition) is 2. The first kappa shape index (κ1) is 22.2. The molecule has 8 heteroatoms. The van der Waals surface area contributed by atoms with Gasteiger partial charge in [-0.1, -0.05) is 48.5 Å². The van der Waals surface area contributed by atoms with Crippen molar-refractivity contribution in [3.8, 4) is 17.0 Å². The van der Waals surface area contributed by atoms with Gasteiger partial charge >= 0.3 is 0 Å². The zero-order valence-corrected chi connectivity index (χ0v) is 19.6. The van der Waals surface area contributed by atoms with Crippen LogP contribution in [0, 0.1) is 0 Å². The number of anilines is 1. The van der Waals surface area contributed by atoms with Crippen LogP contribution in [-0.2, 0) is 0 Å². The van der Waals surface area contributed by atoms with E-state index in [4.69, 9.17) is 7.85 Å². The number of hydrogen-bond acceptors (Lipinski definition) is 5. The maximum Gasteiger partial charge on any atom is 0.254 e. The Bertz CT molecular complexity index is 1580. The van der Waals surface area contributed by atoms with Gasteiger partial charge in [0.25, 0.3) is 5.91 Å². The number of para-hydroxylation sites is 1. The normalized spacial score (nSPS) is 14.4. The highest BCUT2D eigenvalue weighted by Gasteiger charge is 2.25. The first-order valence-corrected chi connectivity index (χ1v) is 12.0. The first-order valence-electron chi connectivity index (χ1n) is 12.0. The van der Waals surface area contributed by atoms with E-state index in [1.165, 1.54) is 0 Å². The molecule has 0 aliphatic carbocycles. The molecule has 36 heavy (non-hydrogen) atoms. The number of phenolic OH excluding ortho intramolecular Hbond substituents is 1. The standard InChI is InChI=1S/C28H24BN5O2/c29-23-17-30-34-26(16-24(32-27(23)34)22-9-3-4-11-25(22)35)31-19-12-14-33(15-13-19)28(36)21-10-5-7-18-6-1-2-8-20(18)21/h1-11,16-17,19,31,35H,12-15H2. The molecule has 1 amide bonds. The van der Waals surface area contributed by atoms with Crippen LogP contribution in [0.5, 0.6) is 5.75 Å². The highest BCUT2D eigenvalue weighted by Crippen LogP contribution is 2.30. The number of amides is 1. The predicted octanol–water partition coefficient (Wildman–Crippen LogP) is 3.77. The van der Waals surface area contributed by atoms with Gasteiger partial charge < -0.3 is 15.3 Å². The van der Waals surface area contributed by atoms with Gasteiger partial charge in [-0.05, 0) is 47.3 Å².